The van der Waals surface area contributed by atoms with E-state index in [4.69, 9.17) is 11.6 Å². The van der Waals surface area contributed by atoms with Crippen LogP contribution in [0.2, 0.25) is 5.02 Å². The zero-order valence-electron chi connectivity index (χ0n) is 19.1. The summed E-state index contributed by atoms with van der Waals surface area (Å²) in [6.45, 7) is 0.195. The van der Waals surface area contributed by atoms with Crippen molar-refractivity contribution in [3.8, 4) is 0 Å². The van der Waals surface area contributed by atoms with E-state index in [0.717, 1.165) is 21.9 Å². The van der Waals surface area contributed by atoms with E-state index in [1.165, 1.54) is 23.7 Å². The van der Waals surface area contributed by atoms with Gasteiger partial charge in [0.25, 0.3) is 5.56 Å². The van der Waals surface area contributed by atoms with Gasteiger partial charge in [0.05, 0.1) is 12.3 Å². The van der Waals surface area contributed by atoms with Crippen LogP contribution in [0.4, 0.5) is 10.1 Å². The number of aromatic nitrogens is 6. The zero-order valence-corrected chi connectivity index (χ0v) is 20.7. The smallest absolute Gasteiger partial charge is 0.325 e. The Bertz CT molecular complexity index is 1740. The molecule has 2 aromatic carbocycles. The molecule has 184 valence electrons. The Morgan fingerprint density at radius 1 is 1.03 bits per heavy atom. The van der Waals surface area contributed by atoms with Crippen LogP contribution in [-0.4, -0.2) is 40.0 Å². The second-order valence-corrected chi connectivity index (χ2v) is 9.43. The molecule has 0 aliphatic carbocycles. The molecule has 3 aromatic heterocycles. The number of fused-ring (bicyclic) bond motifs is 3. The normalized spacial score (nSPS) is 11.4. The van der Waals surface area contributed by atoms with E-state index in [2.05, 4.69) is 15.5 Å². The van der Waals surface area contributed by atoms with E-state index in [-0.39, 0.29) is 29.5 Å². The van der Waals surface area contributed by atoms with Crippen molar-refractivity contribution >= 4 is 51.9 Å². The number of nitrogens with one attached hydrogen (secondary N) is 1. The summed E-state index contributed by atoms with van der Waals surface area (Å²) in [6, 6.07) is 12.6. The Hall–Kier alpha value is -3.90. The first-order chi connectivity index (χ1) is 17.2. The Morgan fingerprint density at radius 3 is 2.42 bits per heavy atom. The molecule has 5 aromatic rings. The Balaban J connectivity index is 1.56. The zero-order chi connectivity index (χ0) is 25.6. The first-order valence-corrected chi connectivity index (χ1v) is 12.1. The lowest BCUT2D eigenvalue weighted by atomic mass is 10.2. The summed E-state index contributed by atoms with van der Waals surface area (Å²) in [7, 11) is 2.95. The number of halogens is 2. The van der Waals surface area contributed by atoms with Crippen LogP contribution in [0.15, 0.2) is 63.3 Å². The van der Waals surface area contributed by atoms with Crippen molar-refractivity contribution in [3.05, 3.63) is 85.8 Å². The van der Waals surface area contributed by atoms with Crippen molar-refractivity contribution in [1.82, 2.24) is 28.3 Å². The molecular formula is C23H19ClFN7O3S. The highest BCUT2D eigenvalue weighted by atomic mass is 35.5. The molecule has 0 fully saturated rings. The Labute approximate surface area is 211 Å². The van der Waals surface area contributed by atoms with E-state index < -0.39 is 11.2 Å². The number of thioether (sulfide) groups is 1. The minimum absolute atomic E-state index is 0.00679. The average molecular weight is 528 g/mol. The predicted octanol–water partition coefficient (Wildman–Crippen LogP) is 2.65. The highest BCUT2D eigenvalue weighted by molar-refractivity contribution is 7.99. The van der Waals surface area contributed by atoms with Gasteiger partial charge in [-0.25, -0.2) is 13.6 Å². The average Bonchev–Trinajstić information content (AvgIpc) is 3.41. The number of amides is 1. The minimum Gasteiger partial charge on any atom is -0.325 e. The SMILES string of the molecule is Cn1c(=O)c2c(n(C)c1=O)n1c(SCC(=O)Nc3ccc(Cl)cc3)nnc1n2Cc1ccc(F)cc1. The van der Waals surface area contributed by atoms with Crippen molar-refractivity contribution in [2.75, 3.05) is 11.1 Å². The van der Waals surface area contributed by atoms with Crippen LogP contribution in [0.5, 0.6) is 0 Å². The van der Waals surface area contributed by atoms with Crippen LogP contribution in [0.1, 0.15) is 5.56 Å². The van der Waals surface area contributed by atoms with Crippen molar-refractivity contribution < 1.29 is 9.18 Å². The molecule has 3 heterocycles. The molecule has 13 heteroatoms. The summed E-state index contributed by atoms with van der Waals surface area (Å²) in [4.78, 5) is 38.4. The number of nitrogens with zero attached hydrogens (tertiary/aromatic N) is 6. The van der Waals surface area contributed by atoms with Crippen LogP contribution in [-0.2, 0) is 25.4 Å². The van der Waals surface area contributed by atoms with Crippen molar-refractivity contribution in [3.63, 3.8) is 0 Å². The molecule has 0 saturated carbocycles. The van der Waals surface area contributed by atoms with Gasteiger partial charge in [0.2, 0.25) is 11.7 Å². The van der Waals surface area contributed by atoms with Gasteiger partial charge in [-0.1, -0.05) is 35.5 Å². The summed E-state index contributed by atoms with van der Waals surface area (Å²) in [5.74, 6) is -0.336. The van der Waals surface area contributed by atoms with Gasteiger partial charge in [0, 0.05) is 24.8 Å². The number of aryl methyl sites for hydroxylation is 1. The number of hydrogen-bond donors (Lipinski definition) is 1. The molecule has 5 rings (SSSR count). The standard InChI is InChI=1S/C23H19ClFN7O3S/c1-29-19-18(20(34)30(2)23(29)35)31(11-13-3-7-15(25)8-4-13)21-27-28-22(32(19)21)36-12-17(33)26-16-9-5-14(24)6-10-16/h3-10H,11-12H2,1-2H3,(H,26,33). The number of benzene rings is 2. The van der Waals surface area contributed by atoms with Gasteiger partial charge in [-0.3, -0.25) is 23.3 Å². The third kappa shape index (κ3) is 4.18. The van der Waals surface area contributed by atoms with Gasteiger partial charge in [0.1, 0.15) is 5.82 Å². The summed E-state index contributed by atoms with van der Waals surface area (Å²) >= 11 is 7.00. The van der Waals surface area contributed by atoms with Crippen LogP contribution in [0.25, 0.3) is 16.9 Å². The number of imidazole rings is 1. The second-order valence-electron chi connectivity index (χ2n) is 8.05. The van der Waals surface area contributed by atoms with Crippen molar-refractivity contribution in [1.29, 1.82) is 0 Å². The van der Waals surface area contributed by atoms with E-state index in [9.17, 15) is 18.8 Å². The second kappa shape index (κ2) is 9.28. The molecule has 0 atom stereocenters. The molecule has 0 radical (unpaired) electrons. The fourth-order valence-electron chi connectivity index (χ4n) is 3.91. The summed E-state index contributed by atoms with van der Waals surface area (Å²) in [5.41, 5.74) is 0.840. The van der Waals surface area contributed by atoms with E-state index in [1.54, 1.807) is 52.4 Å². The Morgan fingerprint density at radius 2 is 1.72 bits per heavy atom. The van der Waals surface area contributed by atoms with Crippen LogP contribution in [0, 0.1) is 5.82 Å². The molecule has 0 aliphatic rings. The molecule has 0 unspecified atom stereocenters. The predicted molar refractivity (Wildman–Crippen MR) is 135 cm³/mol. The van der Waals surface area contributed by atoms with Gasteiger partial charge < -0.3 is 5.32 Å². The number of rotatable bonds is 6. The molecule has 1 amide bonds. The van der Waals surface area contributed by atoms with Crippen LogP contribution >= 0.6 is 23.4 Å². The van der Waals surface area contributed by atoms with Crippen LogP contribution in [0.3, 0.4) is 0 Å². The molecule has 36 heavy (non-hydrogen) atoms. The number of hydrogen-bond acceptors (Lipinski definition) is 6. The van der Waals surface area contributed by atoms with Gasteiger partial charge in [-0.05, 0) is 42.0 Å². The van der Waals surface area contributed by atoms with Gasteiger partial charge in [-0.15, -0.1) is 10.2 Å². The lowest BCUT2D eigenvalue weighted by Crippen LogP contribution is -2.37. The van der Waals surface area contributed by atoms with Crippen LogP contribution < -0.4 is 16.6 Å². The maximum atomic E-state index is 13.4. The van der Waals surface area contributed by atoms with Gasteiger partial charge in [0.15, 0.2) is 16.3 Å². The Kier molecular flexibility index (Phi) is 6.14. The molecule has 0 aliphatic heterocycles. The highest BCUT2D eigenvalue weighted by Crippen LogP contribution is 2.25. The van der Waals surface area contributed by atoms with Crippen molar-refractivity contribution in [2.45, 2.75) is 11.7 Å². The monoisotopic (exact) mass is 527 g/mol. The van der Waals surface area contributed by atoms with Gasteiger partial charge >= 0.3 is 5.69 Å². The third-order valence-electron chi connectivity index (χ3n) is 5.66. The van der Waals surface area contributed by atoms with E-state index in [1.807, 2.05) is 0 Å². The van der Waals surface area contributed by atoms with E-state index >= 15 is 0 Å². The lowest BCUT2D eigenvalue weighted by Gasteiger charge is -2.08. The molecular weight excluding hydrogens is 509 g/mol. The molecule has 0 saturated heterocycles. The fourth-order valence-corrected chi connectivity index (χ4v) is 4.76. The maximum Gasteiger partial charge on any atom is 0.332 e. The largest absolute Gasteiger partial charge is 0.332 e. The number of carbonyl (C=O) groups excluding carboxylic acids is 1. The molecule has 0 spiro atoms. The van der Waals surface area contributed by atoms with E-state index in [0.29, 0.717) is 27.3 Å². The molecule has 0 bridgehead atoms. The van der Waals surface area contributed by atoms with Crippen molar-refractivity contribution in [2.24, 2.45) is 14.1 Å². The minimum atomic E-state index is -0.515. The third-order valence-corrected chi connectivity index (χ3v) is 6.85. The first kappa shape index (κ1) is 23.8. The topological polar surface area (TPSA) is 108 Å². The quantitative estimate of drug-likeness (QED) is 0.340. The number of anilines is 1. The van der Waals surface area contributed by atoms with Gasteiger partial charge in [-0.2, -0.15) is 0 Å². The fraction of sp³-hybridized carbons (Fsp3) is 0.174. The summed E-state index contributed by atoms with van der Waals surface area (Å²) in [5, 5.41) is 12.1. The first-order valence-electron chi connectivity index (χ1n) is 10.7. The molecule has 1 N–H and O–H groups in total. The number of carbonyl (C=O) groups is 1. The summed E-state index contributed by atoms with van der Waals surface area (Å²) in [6.07, 6.45) is 0. The highest BCUT2D eigenvalue weighted by Gasteiger charge is 2.24. The summed E-state index contributed by atoms with van der Waals surface area (Å²) < 4.78 is 19.0. The maximum absolute atomic E-state index is 13.4. The molecule has 10 nitrogen and oxygen atoms in total. The lowest BCUT2D eigenvalue weighted by molar-refractivity contribution is -0.113.